The van der Waals surface area contributed by atoms with Crippen LogP contribution < -0.4 is 5.32 Å². The molecule has 0 spiro atoms. The van der Waals surface area contributed by atoms with Gasteiger partial charge in [0.25, 0.3) is 0 Å². The second-order valence-electron chi connectivity index (χ2n) is 8.06. The average molecular weight is 280 g/mol. The summed E-state index contributed by atoms with van der Waals surface area (Å²) in [6.45, 7) is 8.37. The van der Waals surface area contributed by atoms with E-state index in [1.54, 1.807) is 0 Å². The van der Waals surface area contributed by atoms with Crippen molar-refractivity contribution in [3.8, 4) is 0 Å². The van der Waals surface area contributed by atoms with E-state index in [1.807, 2.05) is 0 Å². The fraction of sp³-hybridized carbons (Fsp3) is 1.00. The van der Waals surface area contributed by atoms with Crippen molar-refractivity contribution in [2.75, 3.05) is 6.54 Å². The lowest BCUT2D eigenvalue weighted by Crippen LogP contribution is -2.46. The van der Waals surface area contributed by atoms with Crippen LogP contribution >= 0.6 is 0 Å². The van der Waals surface area contributed by atoms with Gasteiger partial charge in [0.05, 0.1) is 0 Å². The van der Waals surface area contributed by atoms with Crippen molar-refractivity contribution in [3.63, 3.8) is 0 Å². The Morgan fingerprint density at radius 2 is 1.70 bits per heavy atom. The van der Waals surface area contributed by atoms with Crippen molar-refractivity contribution in [1.29, 1.82) is 0 Å². The van der Waals surface area contributed by atoms with Crippen LogP contribution in [0.2, 0.25) is 0 Å². The van der Waals surface area contributed by atoms with Crippen molar-refractivity contribution < 1.29 is 0 Å². The van der Waals surface area contributed by atoms with Gasteiger partial charge in [0.1, 0.15) is 0 Å². The standard InChI is InChI=1S/C19H37N/c1-4-13-20-18(14-17-9-5-6-10-17)19(15-16(2)3)11-7-8-12-19/h16-18,20H,4-15H2,1-3H3. The Labute approximate surface area is 127 Å². The highest BCUT2D eigenvalue weighted by molar-refractivity contribution is 4.96. The van der Waals surface area contributed by atoms with Gasteiger partial charge in [0, 0.05) is 6.04 Å². The Morgan fingerprint density at radius 3 is 2.25 bits per heavy atom. The molecule has 2 aliphatic rings. The summed E-state index contributed by atoms with van der Waals surface area (Å²) < 4.78 is 0. The Hall–Kier alpha value is -0.0400. The van der Waals surface area contributed by atoms with Crippen molar-refractivity contribution >= 4 is 0 Å². The van der Waals surface area contributed by atoms with Crippen LogP contribution in [0.25, 0.3) is 0 Å². The van der Waals surface area contributed by atoms with Crippen molar-refractivity contribution in [2.45, 2.75) is 97.4 Å². The number of rotatable bonds is 8. The van der Waals surface area contributed by atoms with Gasteiger partial charge < -0.3 is 5.32 Å². The first-order valence-electron chi connectivity index (χ1n) is 9.39. The Kier molecular flexibility index (Phi) is 6.39. The third kappa shape index (κ3) is 4.23. The summed E-state index contributed by atoms with van der Waals surface area (Å²) >= 11 is 0. The molecular formula is C19H37N. The van der Waals surface area contributed by atoms with Crippen molar-refractivity contribution in [2.24, 2.45) is 17.3 Å². The van der Waals surface area contributed by atoms with Gasteiger partial charge in [0.15, 0.2) is 0 Å². The summed E-state index contributed by atoms with van der Waals surface area (Å²) in [6, 6.07) is 0.801. The van der Waals surface area contributed by atoms with Gasteiger partial charge in [-0.1, -0.05) is 59.3 Å². The van der Waals surface area contributed by atoms with Crippen LogP contribution in [-0.2, 0) is 0 Å². The zero-order valence-electron chi connectivity index (χ0n) is 14.2. The van der Waals surface area contributed by atoms with E-state index in [9.17, 15) is 0 Å². The summed E-state index contributed by atoms with van der Waals surface area (Å²) in [5.74, 6) is 1.87. The SMILES string of the molecule is CCCNC(CC1CCCC1)C1(CC(C)C)CCCC1. The quantitative estimate of drug-likeness (QED) is 0.615. The van der Waals surface area contributed by atoms with E-state index >= 15 is 0 Å². The van der Waals surface area contributed by atoms with Crippen LogP contribution in [0.1, 0.15) is 91.4 Å². The number of hydrogen-bond acceptors (Lipinski definition) is 1. The van der Waals surface area contributed by atoms with Gasteiger partial charge in [0.2, 0.25) is 0 Å². The van der Waals surface area contributed by atoms with Gasteiger partial charge >= 0.3 is 0 Å². The lowest BCUT2D eigenvalue weighted by Gasteiger charge is -2.41. The van der Waals surface area contributed by atoms with Crippen LogP contribution in [0.5, 0.6) is 0 Å². The Balaban J connectivity index is 2.04. The first-order chi connectivity index (χ1) is 9.66. The molecule has 0 bridgehead atoms. The van der Waals surface area contributed by atoms with Gasteiger partial charge in [-0.2, -0.15) is 0 Å². The second kappa shape index (κ2) is 7.82. The number of nitrogens with one attached hydrogen (secondary N) is 1. The molecule has 1 unspecified atom stereocenters. The van der Waals surface area contributed by atoms with Gasteiger partial charge in [-0.05, 0) is 55.9 Å². The molecule has 2 fully saturated rings. The molecule has 2 aliphatic carbocycles. The van der Waals surface area contributed by atoms with E-state index < -0.39 is 0 Å². The highest BCUT2D eigenvalue weighted by Crippen LogP contribution is 2.48. The summed E-state index contributed by atoms with van der Waals surface area (Å²) in [7, 11) is 0. The molecule has 1 heteroatoms. The van der Waals surface area contributed by atoms with Gasteiger partial charge in [-0.15, -0.1) is 0 Å². The zero-order valence-corrected chi connectivity index (χ0v) is 14.2. The summed E-state index contributed by atoms with van der Waals surface area (Å²) in [6.07, 6.45) is 16.1. The smallest absolute Gasteiger partial charge is 0.0126 e. The molecule has 2 rings (SSSR count). The minimum Gasteiger partial charge on any atom is -0.313 e. The monoisotopic (exact) mass is 279 g/mol. The average Bonchev–Trinajstić information content (AvgIpc) is 3.05. The van der Waals surface area contributed by atoms with Gasteiger partial charge in [-0.25, -0.2) is 0 Å². The van der Waals surface area contributed by atoms with E-state index in [0.29, 0.717) is 5.41 Å². The first kappa shape index (κ1) is 16.3. The molecule has 0 aromatic carbocycles. The molecule has 1 N–H and O–H groups in total. The summed E-state index contributed by atoms with van der Waals surface area (Å²) in [5.41, 5.74) is 0.631. The third-order valence-corrected chi connectivity index (χ3v) is 5.84. The Morgan fingerprint density at radius 1 is 1.05 bits per heavy atom. The summed E-state index contributed by atoms with van der Waals surface area (Å²) in [4.78, 5) is 0. The van der Waals surface area contributed by atoms with Gasteiger partial charge in [-0.3, -0.25) is 0 Å². The Bertz CT molecular complexity index is 259. The zero-order chi connectivity index (χ0) is 14.4. The molecule has 2 saturated carbocycles. The van der Waals surface area contributed by atoms with Crippen LogP contribution in [0.15, 0.2) is 0 Å². The molecule has 0 heterocycles. The van der Waals surface area contributed by atoms with Crippen molar-refractivity contribution in [3.05, 3.63) is 0 Å². The van der Waals surface area contributed by atoms with E-state index in [1.165, 1.54) is 77.2 Å². The van der Waals surface area contributed by atoms with Crippen LogP contribution in [-0.4, -0.2) is 12.6 Å². The lowest BCUT2D eigenvalue weighted by molar-refractivity contribution is 0.133. The maximum absolute atomic E-state index is 3.98. The predicted molar refractivity (Wildman–Crippen MR) is 89.0 cm³/mol. The molecular weight excluding hydrogens is 242 g/mol. The van der Waals surface area contributed by atoms with E-state index in [-0.39, 0.29) is 0 Å². The molecule has 1 atom stereocenters. The molecule has 20 heavy (non-hydrogen) atoms. The van der Waals surface area contributed by atoms with Crippen LogP contribution in [0, 0.1) is 17.3 Å². The molecule has 118 valence electrons. The molecule has 0 radical (unpaired) electrons. The maximum Gasteiger partial charge on any atom is 0.0126 e. The van der Waals surface area contributed by atoms with E-state index in [0.717, 1.165) is 17.9 Å². The fourth-order valence-electron chi connectivity index (χ4n) is 5.03. The lowest BCUT2D eigenvalue weighted by atomic mass is 9.70. The molecule has 0 aromatic heterocycles. The largest absolute Gasteiger partial charge is 0.313 e. The minimum absolute atomic E-state index is 0.631. The number of hydrogen-bond donors (Lipinski definition) is 1. The molecule has 0 amide bonds. The van der Waals surface area contributed by atoms with Crippen molar-refractivity contribution in [1.82, 2.24) is 5.32 Å². The summed E-state index contributed by atoms with van der Waals surface area (Å²) in [5, 5.41) is 3.98. The highest BCUT2D eigenvalue weighted by atomic mass is 14.9. The predicted octanol–water partition coefficient (Wildman–Crippen LogP) is 5.54. The maximum atomic E-state index is 3.98. The van der Waals surface area contributed by atoms with Crippen LogP contribution in [0.3, 0.4) is 0 Å². The second-order valence-corrected chi connectivity index (χ2v) is 8.06. The fourth-order valence-corrected chi connectivity index (χ4v) is 5.03. The van der Waals surface area contributed by atoms with Crippen LogP contribution in [0.4, 0.5) is 0 Å². The third-order valence-electron chi connectivity index (χ3n) is 5.84. The molecule has 1 nitrogen and oxygen atoms in total. The van der Waals surface area contributed by atoms with E-state index in [4.69, 9.17) is 0 Å². The molecule has 0 saturated heterocycles. The highest BCUT2D eigenvalue weighted by Gasteiger charge is 2.42. The first-order valence-corrected chi connectivity index (χ1v) is 9.39. The molecule has 0 aromatic rings. The minimum atomic E-state index is 0.631. The topological polar surface area (TPSA) is 12.0 Å². The normalized spacial score (nSPS) is 24.6. The molecule has 0 aliphatic heterocycles. The van der Waals surface area contributed by atoms with E-state index in [2.05, 4.69) is 26.1 Å².